The maximum atomic E-state index is 12.7. The minimum Gasteiger partial charge on any atom is -0.372 e. The number of hydrogen-bond donors (Lipinski definition) is 1. The van der Waals surface area contributed by atoms with E-state index in [1.54, 1.807) is 6.20 Å². The molecule has 1 N–H and O–H groups in total. The van der Waals surface area contributed by atoms with E-state index in [0.717, 1.165) is 42.5 Å². The van der Waals surface area contributed by atoms with Crippen molar-refractivity contribution >= 4 is 11.6 Å². The van der Waals surface area contributed by atoms with E-state index in [0.29, 0.717) is 5.56 Å². The zero-order valence-corrected chi connectivity index (χ0v) is 18.7. The predicted molar refractivity (Wildman–Crippen MR) is 125 cm³/mol. The van der Waals surface area contributed by atoms with Gasteiger partial charge in [0.2, 0.25) is 0 Å². The molecule has 5 heteroatoms. The maximum Gasteiger partial charge on any atom is 0.251 e. The minimum absolute atomic E-state index is 0.0452. The number of aryl methyl sites for hydroxylation is 1. The summed E-state index contributed by atoms with van der Waals surface area (Å²) in [5.74, 6) is 1.76. The van der Waals surface area contributed by atoms with E-state index in [4.69, 9.17) is 0 Å². The van der Waals surface area contributed by atoms with Gasteiger partial charge in [0.25, 0.3) is 5.91 Å². The van der Waals surface area contributed by atoms with Gasteiger partial charge in [-0.3, -0.25) is 4.79 Å². The standard InChI is InChI=1S/C26H32N4O/c1-19-12-15-29(16-13-19)25-10-8-23(9-11-25)20(2)28-26(31)24-6-4-22(5-7-24)18-30-17-14-27-21(30)3/h4-11,14,17,19-20H,12-13,15-16,18H2,1-3H3,(H,28,31)/t20-/m1/s1. The lowest BCUT2D eigenvalue weighted by atomic mass is 9.98. The fourth-order valence-corrected chi connectivity index (χ4v) is 4.13. The quantitative estimate of drug-likeness (QED) is 0.617. The Morgan fingerprint density at radius 1 is 1.10 bits per heavy atom. The summed E-state index contributed by atoms with van der Waals surface area (Å²) in [6, 6.07) is 16.4. The van der Waals surface area contributed by atoms with Crippen LogP contribution in [0.25, 0.3) is 0 Å². The summed E-state index contributed by atoms with van der Waals surface area (Å²) in [6.07, 6.45) is 6.29. The molecule has 1 atom stereocenters. The molecule has 1 aromatic heterocycles. The number of aromatic nitrogens is 2. The Morgan fingerprint density at radius 2 is 1.77 bits per heavy atom. The molecule has 0 unspecified atom stereocenters. The summed E-state index contributed by atoms with van der Waals surface area (Å²) in [5.41, 5.74) is 4.22. The van der Waals surface area contributed by atoms with Gasteiger partial charge >= 0.3 is 0 Å². The molecule has 0 bridgehead atoms. The highest BCUT2D eigenvalue weighted by molar-refractivity contribution is 5.94. The number of imidazole rings is 1. The summed E-state index contributed by atoms with van der Waals surface area (Å²) in [7, 11) is 0. The van der Waals surface area contributed by atoms with Crippen LogP contribution in [0.15, 0.2) is 60.9 Å². The SMILES string of the molecule is Cc1nccn1Cc1ccc(C(=O)N[C@H](C)c2ccc(N3CCC(C)CC3)cc2)cc1. The molecule has 0 spiro atoms. The number of piperidine rings is 1. The fraction of sp³-hybridized carbons (Fsp3) is 0.385. The van der Waals surface area contributed by atoms with Gasteiger partial charge in [-0.2, -0.15) is 0 Å². The van der Waals surface area contributed by atoms with Crippen LogP contribution in [-0.2, 0) is 6.54 Å². The Hall–Kier alpha value is -3.08. The Balaban J connectivity index is 1.34. The number of rotatable bonds is 6. The Labute approximate surface area is 185 Å². The molecule has 4 rings (SSSR count). The van der Waals surface area contributed by atoms with E-state index >= 15 is 0 Å². The highest BCUT2D eigenvalue weighted by Crippen LogP contribution is 2.24. The van der Waals surface area contributed by atoms with Crippen LogP contribution in [0.4, 0.5) is 5.69 Å². The highest BCUT2D eigenvalue weighted by atomic mass is 16.1. The number of carbonyl (C=O) groups excluding carboxylic acids is 1. The summed E-state index contributed by atoms with van der Waals surface area (Å²) in [6.45, 7) is 9.37. The molecule has 2 heterocycles. The molecular formula is C26H32N4O. The van der Waals surface area contributed by atoms with E-state index in [-0.39, 0.29) is 11.9 Å². The zero-order valence-electron chi connectivity index (χ0n) is 18.7. The molecule has 31 heavy (non-hydrogen) atoms. The van der Waals surface area contributed by atoms with Gasteiger partial charge < -0.3 is 14.8 Å². The van der Waals surface area contributed by atoms with Crippen molar-refractivity contribution in [2.24, 2.45) is 5.92 Å². The van der Waals surface area contributed by atoms with Crippen LogP contribution in [0.5, 0.6) is 0 Å². The molecule has 162 valence electrons. The van der Waals surface area contributed by atoms with Gasteiger partial charge in [0.1, 0.15) is 5.82 Å². The first kappa shape index (κ1) is 21.2. The normalized spacial score (nSPS) is 15.6. The van der Waals surface area contributed by atoms with Crippen molar-refractivity contribution in [3.05, 3.63) is 83.4 Å². The third-order valence-corrected chi connectivity index (χ3v) is 6.38. The smallest absolute Gasteiger partial charge is 0.251 e. The first-order valence-corrected chi connectivity index (χ1v) is 11.2. The van der Waals surface area contributed by atoms with Crippen molar-refractivity contribution in [1.82, 2.24) is 14.9 Å². The molecular weight excluding hydrogens is 384 g/mol. The van der Waals surface area contributed by atoms with Crippen molar-refractivity contribution < 1.29 is 4.79 Å². The second kappa shape index (κ2) is 9.38. The van der Waals surface area contributed by atoms with Crippen molar-refractivity contribution in [1.29, 1.82) is 0 Å². The molecule has 1 aliphatic heterocycles. The Morgan fingerprint density at radius 3 is 2.39 bits per heavy atom. The van der Waals surface area contributed by atoms with Crippen molar-refractivity contribution in [2.75, 3.05) is 18.0 Å². The van der Waals surface area contributed by atoms with Gasteiger partial charge in [-0.05, 0) is 68.0 Å². The third-order valence-electron chi connectivity index (χ3n) is 6.38. The number of benzene rings is 2. The summed E-state index contributed by atoms with van der Waals surface area (Å²) < 4.78 is 2.09. The second-order valence-corrected chi connectivity index (χ2v) is 8.76. The lowest BCUT2D eigenvalue weighted by Crippen LogP contribution is -2.32. The average Bonchev–Trinajstić information content (AvgIpc) is 3.19. The largest absolute Gasteiger partial charge is 0.372 e. The molecule has 0 aliphatic carbocycles. The van der Waals surface area contributed by atoms with Gasteiger partial charge in [-0.15, -0.1) is 0 Å². The minimum atomic E-state index is -0.0491. The molecule has 0 saturated carbocycles. The van der Waals surface area contributed by atoms with E-state index in [1.807, 2.05) is 44.3 Å². The number of nitrogens with zero attached hydrogens (tertiary/aromatic N) is 3. The Bertz CT molecular complexity index is 999. The van der Waals surface area contributed by atoms with Gasteiger partial charge in [0.15, 0.2) is 0 Å². The maximum absolute atomic E-state index is 12.7. The number of amides is 1. The highest BCUT2D eigenvalue weighted by Gasteiger charge is 2.17. The van der Waals surface area contributed by atoms with Crippen LogP contribution in [0.1, 0.15) is 60.0 Å². The Kier molecular flexibility index (Phi) is 6.40. The summed E-state index contributed by atoms with van der Waals surface area (Å²) in [5, 5.41) is 3.12. The zero-order chi connectivity index (χ0) is 21.8. The molecule has 1 amide bonds. The lowest BCUT2D eigenvalue weighted by molar-refractivity contribution is 0.0940. The van der Waals surface area contributed by atoms with Crippen LogP contribution in [0, 0.1) is 12.8 Å². The first-order valence-electron chi connectivity index (χ1n) is 11.2. The van der Waals surface area contributed by atoms with E-state index in [1.165, 1.54) is 18.5 Å². The first-order chi connectivity index (χ1) is 15.0. The number of carbonyl (C=O) groups is 1. The molecule has 0 radical (unpaired) electrons. The second-order valence-electron chi connectivity index (χ2n) is 8.76. The van der Waals surface area contributed by atoms with Crippen LogP contribution >= 0.6 is 0 Å². The number of nitrogens with one attached hydrogen (secondary N) is 1. The molecule has 3 aromatic rings. The van der Waals surface area contributed by atoms with Crippen molar-refractivity contribution in [3.63, 3.8) is 0 Å². The lowest BCUT2D eigenvalue weighted by Gasteiger charge is -2.32. The summed E-state index contributed by atoms with van der Waals surface area (Å²) in [4.78, 5) is 19.4. The molecule has 2 aromatic carbocycles. The predicted octanol–water partition coefficient (Wildman–Crippen LogP) is 4.97. The van der Waals surface area contributed by atoms with E-state index < -0.39 is 0 Å². The van der Waals surface area contributed by atoms with E-state index in [9.17, 15) is 4.79 Å². The van der Waals surface area contributed by atoms with Gasteiger partial charge in [-0.25, -0.2) is 4.98 Å². The fourth-order valence-electron chi connectivity index (χ4n) is 4.13. The van der Waals surface area contributed by atoms with Crippen LogP contribution < -0.4 is 10.2 Å². The van der Waals surface area contributed by atoms with Gasteiger partial charge in [-0.1, -0.05) is 31.2 Å². The number of hydrogen-bond acceptors (Lipinski definition) is 3. The third kappa shape index (κ3) is 5.16. The van der Waals surface area contributed by atoms with Crippen LogP contribution in [0.3, 0.4) is 0 Å². The molecule has 1 fully saturated rings. The van der Waals surface area contributed by atoms with Gasteiger partial charge in [0, 0.05) is 43.3 Å². The van der Waals surface area contributed by atoms with Crippen molar-refractivity contribution in [2.45, 2.75) is 46.2 Å². The van der Waals surface area contributed by atoms with Gasteiger partial charge in [0.05, 0.1) is 6.04 Å². The molecule has 1 aliphatic rings. The molecule has 5 nitrogen and oxygen atoms in total. The topological polar surface area (TPSA) is 50.2 Å². The number of anilines is 1. The van der Waals surface area contributed by atoms with Crippen LogP contribution in [-0.4, -0.2) is 28.5 Å². The molecule has 1 saturated heterocycles. The van der Waals surface area contributed by atoms with E-state index in [2.05, 4.69) is 51.0 Å². The summed E-state index contributed by atoms with van der Waals surface area (Å²) >= 11 is 0. The average molecular weight is 417 g/mol. The van der Waals surface area contributed by atoms with Crippen molar-refractivity contribution in [3.8, 4) is 0 Å². The van der Waals surface area contributed by atoms with Crippen LogP contribution in [0.2, 0.25) is 0 Å². The monoisotopic (exact) mass is 416 g/mol.